The van der Waals surface area contributed by atoms with Crippen LogP contribution in [0.25, 0.3) is 0 Å². The number of rotatable bonds is 6. The van der Waals surface area contributed by atoms with Gasteiger partial charge in [0.15, 0.2) is 11.6 Å². The SMILES string of the molecule is O=C(NC(c1nccs1)C1CCCN(Cc2cccc(F)c2F)C1)c1ccccn1. The summed E-state index contributed by atoms with van der Waals surface area (Å²) >= 11 is 1.50. The minimum Gasteiger partial charge on any atom is -0.341 e. The molecule has 156 valence electrons. The molecule has 2 atom stereocenters. The number of piperidine rings is 1. The second-order valence-electron chi connectivity index (χ2n) is 7.39. The van der Waals surface area contributed by atoms with Crippen LogP contribution in [-0.2, 0) is 6.54 Å². The van der Waals surface area contributed by atoms with E-state index in [4.69, 9.17) is 0 Å². The molecule has 0 spiro atoms. The third-order valence-corrected chi connectivity index (χ3v) is 6.20. The molecule has 1 amide bonds. The Morgan fingerprint density at radius 1 is 1.20 bits per heavy atom. The number of nitrogens with zero attached hydrogens (tertiary/aromatic N) is 3. The van der Waals surface area contributed by atoms with Crippen molar-refractivity contribution in [2.24, 2.45) is 5.92 Å². The molecule has 2 unspecified atom stereocenters. The van der Waals surface area contributed by atoms with E-state index in [0.29, 0.717) is 24.3 Å². The molecule has 8 heteroatoms. The maximum atomic E-state index is 14.1. The molecular formula is C22H22F2N4OS. The molecule has 0 saturated carbocycles. The molecule has 0 bridgehead atoms. The highest BCUT2D eigenvalue weighted by molar-refractivity contribution is 7.09. The Hall–Kier alpha value is -2.71. The number of nitrogens with one attached hydrogen (secondary N) is 1. The molecule has 4 rings (SSSR count). The maximum Gasteiger partial charge on any atom is 0.270 e. The number of thiazole rings is 1. The second-order valence-corrected chi connectivity index (χ2v) is 8.31. The first-order valence-electron chi connectivity index (χ1n) is 9.88. The number of halogens is 2. The molecular weight excluding hydrogens is 406 g/mol. The highest BCUT2D eigenvalue weighted by Crippen LogP contribution is 2.32. The summed E-state index contributed by atoms with van der Waals surface area (Å²) in [4.78, 5) is 23.4. The van der Waals surface area contributed by atoms with E-state index in [2.05, 4.69) is 20.2 Å². The first-order valence-corrected chi connectivity index (χ1v) is 10.8. The summed E-state index contributed by atoms with van der Waals surface area (Å²) < 4.78 is 27.7. The van der Waals surface area contributed by atoms with Crippen molar-refractivity contribution in [3.05, 3.63) is 82.1 Å². The minimum absolute atomic E-state index is 0.106. The van der Waals surface area contributed by atoms with E-state index in [1.165, 1.54) is 17.4 Å². The lowest BCUT2D eigenvalue weighted by atomic mass is 9.90. The minimum atomic E-state index is -0.829. The monoisotopic (exact) mass is 428 g/mol. The van der Waals surface area contributed by atoms with Gasteiger partial charge in [-0.05, 0) is 43.5 Å². The summed E-state index contributed by atoms with van der Waals surface area (Å²) in [5.41, 5.74) is 0.701. The van der Waals surface area contributed by atoms with E-state index < -0.39 is 11.6 Å². The Morgan fingerprint density at radius 2 is 2.10 bits per heavy atom. The van der Waals surface area contributed by atoms with Gasteiger partial charge in [0.25, 0.3) is 5.91 Å². The van der Waals surface area contributed by atoms with Crippen LogP contribution in [0.5, 0.6) is 0 Å². The molecule has 2 aromatic heterocycles. The molecule has 1 aliphatic heterocycles. The van der Waals surface area contributed by atoms with Crippen molar-refractivity contribution in [1.29, 1.82) is 0 Å². The van der Waals surface area contributed by atoms with Gasteiger partial charge >= 0.3 is 0 Å². The van der Waals surface area contributed by atoms with Gasteiger partial charge in [0.05, 0.1) is 6.04 Å². The molecule has 3 heterocycles. The van der Waals surface area contributed by atoms with Gasteiger partial charge in [-0.15, -0.1) is 11.3 Å². The lowest BCUT2D eigenvalue weighted by Crippen LogP contribution is -2.43. The molecule has 1 N–H and O–H groups in total. The molecule has 0 aliphatic carbocycles. The molecule has 0 radical (unpaired) electrons. The van der Waals surface area contributed by atoms with Gasteiger partial charge in [0.2, 0.25) is 0 Å². The van der Waals surface area contributed by atoms with Crippen molar-refractivity contribution in [2.75, 3.05) is 13.1 Å². The van der Waals surface area contributed by atoms with Crippen LogP contribution in [0.2, 0.25) is 0 Å². The topological polar surface area (TPSA) is 58.1 Å². The summed E-state index contributed by atoms with van der Waals surface area (Å²) in [6, 6.07) is 9.22. The summed E-state index contributed by atoms with van der Waals surface area (Å²) in [5.74, 6) is -1.76. The van der Waals surface area contributed by atoms with Crippen molar-refractivity contribution in [1.82, 2.24) is 20.2 Å². The van der Waals surface area contributed by atoms with Crippen LogP contribution in [0.3, 0.4) is 0 Å². The highest BCUT2D eigenvalue weighted by Gasteiger charge is 2.32. The number of aromatic nitrogens is 2. The van der Waals surface area contributed by atoms with Crippen LogP contribution in [0, 0.1) is 17.6 Å². The first kappa shape index (κ1) is 20.6. The maximum absolute atomic E-state index is 14.1. The van der Waals surface area contributed by atoms with Crippen molar-refractivity contribution < 1.29 is 13.6 Å². The summed E-state index contributed by atoms with van der Waals surface area (Å²) in [6.07, 6.45) is 5.13. The van der Waals surface area contributed by atoms with Gasteiger partial charge < -0.3 is 5.32 Å². The Kier molecular flexibility index (Phi) is 6.44. The number of carbonyl (C=O) groups excluding carboxylic acids is 1. The van der Waals surface area contributed by atoms with E-state index in [1.54, 1.807) is 36.7 Å². The third-order valence-electron chi connectivity index (χ3n) is 5.34. The first-order chi connectivity index (χ1) is 14.6. The van der Waals surface area contributed by atoms with Crippen LogP contribution in [0.15, 0.2) is 54.2 Å². The number of hydrogen-bond donors (Lipinski definition) is 1. The fourth-order valence-electron chi connectivity index (χ4n) is 3.90. The van der Waals surface area contributed by atoms with Gasteiger partial charge in [0.1, 0.15) is 10.7 Å². The standard InChI is InChI=1S/C22H22F2N4OS/c23-17-7-3-5-15(19(17)24)13-28-11-4-6-16(14-28)20(22-26-10-12-30-22)27-21(29)18-8-1-2-9-25-18/h1-3,5,7-10,12,16,20H,4,6,11,13-14H2,(H,27,29). The van der Waals surface area contributed by atoms with Crippen molar-refractivity contribution in [2.45, 2.75) is 25.4 Å². The quantitative estimate of drug-likeness (QED) is 0.639. The average Bonchev–Trinajstić information content (AvgIpc) is 3.30. The summed E-state index contributed by atoms with van der Waals surface area (Å²) in [7, 11) is 0. The Labute approximate surface area is 177 Å². The molecule has 5 nitrogen and oxygen atoms in total. The third kappa shape index (κ3) is 4.71. The number of likely N-dealkylation sites (tertiary alicyclic amines) is 1. The largest absolute Gasteiger partial charge is 0.341 e. The van der Waals surface area contributed by atoms with E-state index in [1.807, 2.05) is 5.38 Å². The van der Waals surface area contributed by atoms with Crippen LogP contribution in [0.4, 0.5) is 8.78 Å². The fraction of sp³-hybridized carbons (Fsp3) is 0.318. The fourth-order valence-corrected chi connectivity index (χ4v) is 4.68. The van der Waals surface area contributed by atoms with E-state index in [9.17, 15) is 13.6 Å². The molecule has 1 saturated heterocycles. The Bertz CT molecular complexity index is 984. The number of amides is 1. The predicted octanol–water partition coefficient (Wildman–Crippen LogP) is 4.20. The summed E-state index contributed by atoms with van der Waals surface area (Å²) in [6.45, 7) is 1.78. The number of hydrogen-bond acceptors (Lipinski definition) is 5. The van der Waals surface area contributed by atoms with Gasteiger partial charge in [-0.2, -0.15) is 0 Å². The Balaban J connectivity index is 1.50. The van der Waals surface area contributed by atoms with E-state index in [-0.39, 0.29) is 17.9 Å². The van der Waals surface area contributed by atoms with Crippen LogP contribution >= 0.6 is 11.3 Å². The molecule has 1 fully saturated rings. The lowest BCUT2D eigenvalue weighted by Gasteiger charge is -2.36. The van der Waals surface area contributed by atoms with Crippen molar-refractivity contribution in [3.63, 3.8) is 0 Å². The molecule has 30 heavy (non-hydrogen) atoms. The van der Waals surface area contributed by atoms with Gasteiger partial charge in [-0.3, -0.25) is 14.7 Å². The zero-order chi connectivity index (χ0) is 20.9. The normalized spacial score (nSPS) is 18.1. The van der Waals surface area contributed by atoms with Crippen LogP contribution in [0.1, 0.15) is 39.9 Å². The molecule has 1 aliphatic rings. The zero-order valence-corrected chi connectivity index (χ0v) is 17.1. The predicted molar refractivity (Wildman–Crippen MR) is 111 cm³/mol. The van der Waals surface area contributed by atoms with Crippen molar-refractivity contribution >= 4 is 17.2 Å². The number of carbonyl (C=O) groups is 1. The zero-order valence-electron chi connectivity index (χ0n) is 16.3. The molecule has 1 aromatic carbocycles. The number of benzene rings is 1. The summed E-state index contributed by atoms with van der Waals surface area (Å²) in [5, 5.41) is 5.82. The van der Waals surface area contributed by atoms with E-state index in [0.717, 1.165) is 30.5 Å². The van der Waals surface area contributed by atoms with Gasteiger partial charge in [-0.1, -0.05) is 18.2 Å². The van der Waals surface area contributed by atoms with Crippen LogP contribution < -0.4 is 5.32 Å². The second kappa shape index (κ2) is 9.40. The molecule has 3 aromatic rings. The van der Waals surface area contributed by atoms with Gasteiger partial charge in [-0.25, -0.2) is 13.8 Å². The van der Waals surface area contributed by atoms with Crippen LogP contribution in [-0.4, -0.2) is 33.9 Å². The lowest BCUT2D eigenvalue weighted by molar-refractivity contribution is 0.0872. The average molecular weight is 429 g/mol. The van der Waals surface area contributed by atoms with Crippen molar-refractivity contribution in [3.8, 4) is 0 Å². The van der Waals surface area contributed by atoms with E-state index >= 15 is 0 Å². The smallest absolute Gasteiger partial charge is 0.270 e. The highest BCUT2D eigenvalue weighted by atomic mass is 32.1. The number of pyridine rings is 1. The Morgan fingerprint density at radius 3 is 2.87 bits per heavy atom. The van der Waals surface area contributed by atoms with Gasteiger partial charge in [0, 0.05) is 36.4 Å².